The van der Waals surface area contributed by atoms with E-state index in [9.17, 15) is 4.79 Å². The Bertz CT molecular complexity index is 947. The summed E-state index contributed by atoms with van der Waals surface area (Å²) in [6.45, 7) is 13.8. The summed E-state index contributed by atoms with van der Waals surface area (Å²) in [5.74, 6) is 0.824. The van der Waals surface area contributed by atoms with Crippen LogP contribution in [0.4, 0.5) is 4.79 Å². The molecule has 1 amide bonds. The molecule has 32 heavy (non-hydrogen) atoms. The van der Waals surface area contributed by atoms with Gasteiger partial charge in [-0.25, -0.2) is 4.79 Å². The summed E-state index contributed by atoms with van der Waals surface area (Å²) in [5.41, 5.74) is 4.86. The molecule has 0 spiro atoms. The highest BCUT2D eigenvalue weighted by molar-refractivity contribution is 7.98. The van der Waals surface area contributed by atoms with Gasteiger partial charge in [-0.2, -0.15) is 0 Å². The Kier molecular flexibility index (Phi) is 7.88. The fraction of sp³-hybridized carbons (Fsp3) is 0.519. The Labute approximate surface area is 202 Å². The summed E-state index contributed by atoms with van der Waals surface area (Å²) in [4.78, 5) is 15.6. The van der Waals surface area contributed by atoms with Crippen molar-refractivity contribution in [2.75, 3.05) is 13.1 Å². The first kappa shape index (κ1) is 25.0. The zero-order valence-corrected chi connectivity index (χ0v) is 21.8. The maximum absolute atomic E-state index is 12.6. The van der Waals surface area contributed by atoms with Crippen LogP contribution in [0.5, 0.6) is 0 Å². The maximum Gasteiger partial charge on any atom is 0.410 e. The van der Waals surface area contributed by atoms with Crippen molar-refractivity contribution in [3.8, 4) is 0 Å². The largest absolute Gasteiger partial charge is 0.444 e. The monoisotopic (exact) mass is 473 g/mol. The molecule has 0 saturated heterocycles. The van der Waals surface area contributed by atoms with Crippen LogP contribution in [0.2, 0.25) is 5.02 Å². The smallest absolute Gasteiger partial charge is 0.410 e. The number of thioether (sulfide) groups is 1. The van der Waals surface area contributed by atoms with Gasteiger partial charge in [0.25, 0.3) is 0 Å². The number of fused-ring (bicyclic) bond motifs is 1. The molecule has 2 aromatic carbocycles. The zero-order valence-electron chi connectivity index (χ0n) is 20.3. The predicted molar refractivity (Wildman–Crippen MR) is 136 cm³/mol. The molecule has 0 atom stereocenters. The third-order valence-electron chi connectivity index (χ3n) is 6.31. The topological polar surface area (TPSA) is 29.5 Å². The maximum atomic E-state index is 12.6. The number of carbonyl (C=O) groups is 1. The first-order chi connectivity index (χ1) is 15.0. The SMILES string of the molecule is CCC(C)(C)c1ccc(SCc2c(Cl)ccc3c2CCN(C(=O)OC(C)(C)C)CC3)cc1. The lowest BCUT2D eigenvalue weighted by Crippen LogP contribution is -2.38. The third-order valence-corrected chi connectivity index (χ3v) is 7.70. The number of hydrogen-bond acceptors (Lipinski definition) is 3. The molecule has 0 aliphatic carbocycles. The summed E-state index contributed by atoms with van der Waals surface area (Å²) in [6.07, 6.45) is 2.51. The van der Waals surface area contributed by atoms with E-state index in [-0.39, 0.29) is 11.5 Å². The van der Waals surface area contributed by atoms with Crippen molar-refractivity contribution < 1.29 is 9.53 Å². The normalized spacial score (nSPS) is 14.7. The van der Waals surface area contributed by atoms with E-state index in [0.717, 1.165) is 30.0 Å². The van der Waals surface area contributed by atoms with Gasteiger partial charge in [-0.1, -0.05) is 50.6 Å². The molecule has 3 nitrogen and oxygen atoms in total. The van der Waals surface area contributed by atoms with E-state index in [1.807, 2.05) is 43.5 Å². The Morgan fingerprint density at radius 1 is 1.03 bits per heavy atom. The van der Waals surface area contributed by atoms with Crippen LogP contribution in [0.15, 0.2) is 41.3 Å². The molecule has 5 heteroatoms. The lowest BCUT2D eigenvalue weighted by Gasteiger charge is -2.26. The molecule has 1 heterocycles. The number of ether oxygens (including phenoxy) is 1. The molecule has 174 valence electrons. The minimum Gasteiger partial charge on any atom is -0.444 e. The van der Waals surface area contributed by atoms with Gasteiger partial charge in [0.2, 0.25) is 0 Å². The van der Waals surface area contributed by atoms with E-state index in [4.69, 9.17) is 16.3 Å². The van der Waals surface area contributed by atoms with Gasteiger partial charge < -0.3 is 9.64 Å². The fourth-order valence-electron chi connectivity index (χ4n) is 3.90. The van der Waals surface area contributed by atoms with Crippen molar-refractivity contribution in [2.45, 2.75) is 82.5 Å². The number of benzene rings is 2. The average molecular weight is 474 g/mol. The van der Waals surface area contributed by atoms with Gasteiger partial charge in [0.15, 0.2) is 0 Å². The van der Waals surface area contributed by atoms with Gasteiger partial charge in [-0.3, -0.25) is 0 Å². The third kappa shape index (κ3) is 6.23. The first-order valence-electron chi connectivity index (χ1n) is 11.5. The van der Waals surface area contributed by atoms with E-state index in [1.165, 1.54) is 27.1 Å². The predicted octanol–water partition coefficient (Wildman–Crippen LogP) is 7.66. The molecule has 0 N–H and O–H groups in total. The van der Waals surface area contributed by atoms with E-state index in [1.54, 1.807) is 0 Å². The Morgan fingerprint density at radius 2 is 1.69 bits per heavy atom. The molecule has 0 saturated carbocycles. The molecule has 1 aliphatic rings. The van der Waals surface area contributed by atoms with E-state index < -0.39 is 5.60 Å². The molecule has 0 aromatic heterocycles. The number of halogens is 1. The lowest BCUT2D eigenvalue weighted by molar-refractivity contribution is 0.0258. The van der Waals surface area contributed by atoms with Crippen LogP contribution in [0.3, 0.4) is 0 Å². The van der Waals surface area contributed by atoms with Crippen LogP contribution in [-0.4, -0.2) is 29.7 Å². The second-order valence-corrected chi connectivity index (χ2v) is 11.6. The molecule has 0 unspecified atom stereocenters. The highest BCUT2D eigenvalue weighted by atomic mass is 35.5. The molecule has 1 aliphatic heterocycles. The highest BCUT2D eigenvalue weighted by Gasteiger charge is 2.25. The summed E-state index contributed by atoms with van der Waals surface area (Å²) >= 11 is 8.47. The standard InChI is InChI=1S/C27H36ClNO2S/c1-7-27(5,6)20-9-11-21(12-10-20)32-18-23-22-15-17-29(25(30)31-26(2,3)4)16-14-19(22)8-13-24(23)28/h8-13H,7,14-18H2,1-6H3. The van der Waals surface area contributed by atoms with E-state index in [0.29, 0.717) is 13.1 Å². The van der Waals surface area contributed by atoms with E-state index >= 15 is 0 Å². The van der Waals surface area contributed by atoms with Crippen molar-refractivity contribution in [2.24, 2.45) is 0 Å². The van der Waals surface area contributed by atoms with Crippen molar-refractivity contribution in [3.63, 3.8) is 0 Å². The molecular weight excluding hydrogens is 438 g/mol. The van der Waals surface area contributed by atoms with Crippen molar-refractivity contribution in [1.82, 2.24) is 4.90 Å². The minimum absolute atomic E-state index is 0.198. The number of hydrogen-bond donors (Lipinski definition) is 0. The molecule has 3 rings (SSSR count). The molecular formula is C27H36ClNO2S. The van der Waals surface area contributed by atoms with Gasteiger partial charge in [-0.15, -0.1) is 11.8 Å². The summed E-state index contributed by atoms with van der Waals surface area (Å²) in [5, 5.41) is 0.811. The van der Waals surface area contributed by atoms with Gasteiger partial charge in [0.05, 0.1) is 0 Å². The van der Waals surface area contributed by atoms with Crippen LogP contribution in [0.1, 0.15) is 70.2 Å². The summed E-state index contributed by atoms with van der Waals surface area (Å²) in [6, 6.07) is 13.1. The number of carbonyl (C=O) groups excluding carboxylic acids is 1. The van der Waals surface area contributed by atoms with E-state index in [2.05, 4.69) is 51.1 Å². The van der Waals surface area contributed by atoms with Crippen molar-refractivity contribution in [3.05, 3.63) is 63.7 Å². The summed E-state index contributed by atoms with van der Waals surface area (Å²) < 4.78 is 5.59. The van der Waals surface area contributed by atoms with Crippen molar-refractivity contribution in [1.29, 1.82) is 0 Å². The molecule has 2 aromatic rings. The van der Waals surface area contributed by atoms with Gasteiger partial charge in [0, 0.05) is 28.8 Å². The van der Waals surface area contributed by atoms with Gasteiger partial charge in [0.1, 0.15) is 5.60 Å². The molecule has 0 fully saturated rings. The van der Waals surface area contributed by atoms with Gasteiger partial charge >= 0.3 is 6.09 Å². The first-order valence-corrected chi connectivity index (χ1v) is 12.9. The van der Waals surface area contributed by atoms with Crippen LogP contribution >= 0.6 is 23.4 Å². The molecule has 0 radical (unpaired) electrons. The summed E-state index contributed by atoms with van der Waals surface area (Å²) in [7, 11) is 0. The molecule has 0 bridgehead atoms. The number of rotatable bonds is 5. The highest BCUT2D eigenvalue weighted by Crippen LogP contribution is 2.34. The van der Waals surface area contributed by atoms with Crippen LogP contribution in [-0.2, 0) is 28.7 Å². The average Bonchev–Trinajstić information content (AvgIpc) is 2.95. The Hall–Kier alpha value is -1.65. The Balaban J connectivity index is 1.72. The number of nitrogens with zero attached hydrogens (tertiary/aromatic N) is 1. The second kappa shape index (κ2) is 10.1. The quantitative estimate of drug-likeness (QED) is 0.417. The van der Waals surface area contributed by atoms with Crippen LogP contribution in [0.25, 0.3) is 0 Å². The number of amides is 1. The minimum atomic E-state index is -0.483. The van der Waals surface area contributed by atoms with Crippen LogP contribution < -0.4 is 0 Å². The van der Waals surface area contributed by atoms with Gasteiger partial charge in [-0.05, 0) is 85.9 Å². The fourth-order valence-corrected chi connectivity index (χ4v) is 5.19. The second-order valence-electron chi connectivity index (χ2n) is 10.2. The lowest BCUT2D eigenvalue weighted by atomic mass is 9.82. The van der Waals surface area contributed by atoms with Crippen LogP contribution in [0, 0.1) is 0 Å². The zero-order chi connectivity index (χ0) is 23.5. The van der Waals surface area contributed by atoms with Crippen molar-refractivity contribution >= 4 is 29.5 Å². The Morgan fingerprint density at radius 3 is 2.31 bits per heavy atom.